The molecule has 0 radical (unpaired) electrons. The molecule has 2 aromatic carbocycles. The van der Waals surface area contributed by atoms with Crippen molar-refractivity contribution in [3.8, 4) is 11.5 Å². The van der Waals surface area contributed by atoms with Crippen molar-refractivity contribution in [2.75, 3.05) is 18.5 Å². The summed E-state index contributed by atoms with van der Waals surface area (Å²) in [6, 6.07) is 14.2. The van der Waals surface area contributed by atoms with Gasteiger partial charge in [-0.05, 0) is 42.8 Å². The summed E-state index contributed by atoms with van der Waals surface area (Å²) in [5.74, 6) is 0.622. The Morgan fingerprint density at radius 2 is 1.92 bits per heavy atom. The van der Waals surface area contributed by atoms with E-state index in [1.807, 2.05) is 12.1 Å². The minimum absolute atomic E-state index is 0.142. The normalized spacial score (nSPS) is 14.3. The van der Waals surface area contributed by atoms with E-state index < -0.39 is 5.97 Å². The number of para-hydroxylation sites is 2. The van der Waals surface area contributed by atoms with Crippen LogP contribution < -0.4 is 14.8 Å². The molecule has 0 saturated heterocycles. The van der Waals surface area contributed by atoms with Gasteiger partial charge in [-0.15, -0.1) is 0 Å². The van der Waals surface area contributed by atoms with Gasteiger partial charge in [0.15, 0.2) is 18.1 Å². The highest BCUT2D eigenvalue weighted by Gasteiger charge is 2.21. The van der Waals surface area contributed by atoms with Crippen molar-refractivity contribution in [1.29, 1.82) is 0 Å². The zero-order chi connectivity index (χ0) is 17.6. The molecule has 1 N–H and O–H groups in total. The second kappa shape index (κ2) is 7.53. The Bertz CT molecular complexity index is 811. The molecule has 0 aromatic heterocycles. The number of esters is 1. The van der Waals surface area contributed by atoms with Crippen LogP contribution in [0.3, 0.4) is 0 Å². The molecule has 0 bridgehead atoms. The number of rotatable bonds is 5. The molecular formula is C19H17NO5. The molecule has 3 rings (SSSR count). The molecule has 0 saturated carbocycles. The van der Waals surface area contributed by atoms with Crippen molar-refractivity contribution in [3.05, 3.63) is 59.9 Å². The number of hydrogen-bond donors (Lipinski definition) is 1. The summed E-state index contributed by atoms with van der Waals surface area (Å²) in [5, 5.41) is 2.78. The average Bonchev–Trinajstić information content (AvgIpc) is 2.62. The number of anilines is 1. The van der Waals surface area contributed by atoms with Crippen molar-refractivity contribution in [3.63, 3.8) is 0 Å². The van der Waals surface area contributed by atoms with Crippen molar-refractivity contribution < 1.29 is 23.8 Å². The number of fused-ring (bicyclic) bond motifs is 1. The number of hydrogen-bond acceptors (Lipinski definition) is 5. The minimum Gasteiger partial charge on any atom is -0.482 e. The molecule has 6 nitrogen and oxygen atoms in total. The number of nitrogens with one attached hydrogen (secondary N) is 1. The third-order valence-electron chi connectivity index (χ3n) is 3.42. The van der Waals surface area contributed by atoms with E-state index in [4.69, 9.17) is 14.2 Å². The number of ether oxygens (including phenoxy) is 3. The fourth-order valence-corrected chi connectivity index (χ4v) is 2.26. The van der Waals surface area contributed by atoms with Crippen LogP contribution in [-0.4, -0.2) is 25.1 Å². The Balaban J connectivity index is 1.68. The minimum atomic E-state index is -0.417. The molecule has 1 heterocycles. The van der Waals surface area contributed by atoms with E-state index in [9.17, 15) is 9.59 Å². The van der Waals surface area contributed by atoms with Crippen LogP contribution in [0.1, 0.15) is 12.5 Å². The summed E-state index contributed by atoms with van der Waals surface area (Å²) in [4.78, 5) is 23.4. The van der Waals surface area contributed by atoms with E-state index in [0.29, 0.717) is 23.8 Å². The van der Waals surface area contributed by atoms with Gasteiger partial charge in [0.25, 0.3) is 5.91 Å². The quantitative estimate of drug-likeness (QED) is 0.669. The van der Waals surface area contributed by atoms with Crippen molar-refractivity contribution >= 4 is 23.6 Å². The van der Waals surface area contributed by atoms with Crippen molar-refractivity contribution in [2.24, 2.45) is 0 Å². The summed E-state index contributed by atoms with van der Waals surface area (Å²) in [7, 11) is 0. The SMILES string of the molecule is CCOC(=O)COc1ccc(/C=C2/Oc3ccccc3NC2=O)cc1. The Hall–Kier alpha value is -3.28. The first kappa shape index (κ1) is 16.6. The predicted molar refractivity (Wildman–Crippen MR) is 92.2 cm³/mol. The lowest BCUT2D eigenvalue weighted by atomic mass is 10.1. The maximum Gasteiger partial charge on any atom is 0.344 e. The third kappa shape index (κ3) is 4.17. The first-order valence-electron chi connectivity index (χ1n) is 7.84. The van der Waals surface area contributed by atoms with Crippen molar-refractivity contribution in [1.82, 2.24) is 0 Å². The number of carbonyl (C=O) groups is 2. The highest BCUT2D eigenvalue weighted by molar-refractivity contribution is 6.08. The molecule has 0 spiro atoms. The van der Waals surface area contributed by atoms with E-state index in [1.165, 1.54) is 0 Å². The van der Waals surface area contributed by atoms with Gasteiger partial charge in [0.1, 0.15) is 5.75 Å². The van der Waals surface area contributed by atoms with Crippen LogP contribution in [0.4, 0.5) is 5.69 Å². The Kier molecular flexibility index (Phi) is 4.99. The fourth-order valence-electron chi connectivity index (χ4n) is 2.26. The zero-order valence-electron chi connectivity index (χ0n) is 13.7. The monoisotopic (exact) mass is 339 g/mol. The van der Waals surface area contributed by atoms with Crippen LogP contribution in [0.25, 0.3) is 6.08 Å². The molecule has 0 fully saturated rings. The second-order valence-electron chi connectivity index (χ2n) is 5.22. The molecule has 0 aliphatic carbocycles. The largest absolute Gasteiger partial charge is 0.482 e. The summed E-state index contributed by atoms with van der Waals surface area (Å²) in [6.45, 7) is 1.92. The van der Waals surface area contributed by atoms with Gasteiger partial charge in [0, 0.05) is 0 Å². The highest BCUT2D eigenvalue weighted by Crippen LogP contribution is 2.30. The standard InChI is InChI=1S/C19H17NO5/c1-2-23-18(21)12-24-14-9-7-13(8-10-14)11-17-19(22)20-15-5-3-4-6-16(15)25-17/h3-11H,2,12H2,1H3,(H,20,22)/b17-11+. The predicted octanol–water partition coefficient (Wildman–Crippen LogP) is 3.00. The Morgan fingerprint density at radius 3 is 2.68 bits per heavy atom. The molecule has 128 valence electrons. The van der Waals surface area contributed by atoms with Gasteiger partial charge in [0.05, 0.1) is 12.3 Å². The van der Waals surface area contributed by atoms with E-state index in [1.54, 1.807) is 49.4 Å². The van der Waals surface area contributed by atoms with Crippen LogP contribution in [0.5, 0.6) is 11.5 Å². The smallest absolute Gasteiger partial charge is 0.344 e. The first-order valence-corrected chi connectivity index (χ1v) is 7.84. The Morgan fingerprint density at radius 1 is 1.16 bits per heavy atom. The molecule has 1 aliphatic rings. The van der Waals surface area contributed by atoms with Gasteiger partial charge in [-0.1, -0.05) is 24.3 Å². The van der Waals surface area contributed by atoms with E-state index >= 15 is 0 Å². The number of carbonyl (C=O) groups excluding carboxylic acids is 2. The summed E-state index contributed by atoms with van der Waals surface area (Å²) in [5.41, 5.74) is 1.42. The van der Waals surface area contributed by atoms with Gasteiger partial charge >= 0.3 is 5.97 Å². The molecule has 2 aromatic rings. The zero-order valence-corrected chi connectivity index (χ0v) is 13.7. The highest BCUT2D eigenvalue weighted by atomic mass is 16.6. The van der Waals surface area contributed by atoms with Crippen molar-refractivity contribution in [2.45, 2.75) is 6.92 Å². The van der Waals surface area contributed by atoms with Gasteiger partial charge in [0.2, 0.25) is 0 Å². The van der Waals surface area contributed by atoms with Crippen LogP contribution in [0, 0.1) is 0 Å². The van der Waals surface area contributed by atoms with Gasteiger partial charge in [-0.2, -0.15) is 0 Å². The van der Waals surface area contributed by atoms with Gasteiger partial charge in [-0.3, -0.25) is 4.79 Å². The lowest BCUT2D eigenvalue weighted by Gasteiger charge is -2.19. The molecule has 0 atom stereocenters. The Labute approximate surface area is 145 Å². The van der Waals surface area contributed by atoms with Gasteiger partial charge in [-0.25, -0.2) is 4.79 Å². The number of benzene rings is 2. The average molecular weight is 339 g/mol. The molecular weight excluding hydrogens is 322 g/mol. The first-order chi connectivity index (χ1) is 12.2. The summed E-state index contributed by atoms with van der Waals surface area (Å²) >= 11 is 0. The van der Waals surface area contributed by atoms with E-state index in [2.05, 4.69) is 5.32 Å². The fraction of sp³-hybridized carbons (Fsp3) is 0.158. The van der Waals surface area contributed by atoms with Crippen LogP contribution in [-0.2, 0) is 14.3 Å². The molecule has 6 heteroatoms. The second-order valence-corrected chi connectivity index (χ2v) is 5.22. The molecule has 0 unspecified atom stereocenters. The topological polar surface area (TPSA) is 73.9 Å². The summed E-state index contributed by atoms with van der Waals surface area (Å²) < 4.78 is 15.8. The molecule has 1 aliphatic heterocycles. The molecule has 1 amide bonds. The summed E-state index contributed by atoms with van der Waals surface area (Å²) in [6.07, 6.45) is 1.64. The lowest BCUT2D eigenvalue weighted by Crippen LogP contribution is -2.23. The van der Waals surface area contributed by atoms with E-state index in [-0.39, 0.29) is 18.3 Å². The maximum absolute atomic E-state index is 12.1. The van der Waals surface area contributed by atoms with Gasteiger partial charge < -0.3 is 19.5 Å². The van der Waals surface area contributed by atoms with Crippen LogP contribution in [0.15, 0.2) is 54.3 Å². The van der Waals surface area contributed by atoms with E-state index in [0.717, 1.165) is 5.56 Å². The molecule has 25 heavy (non-hydrogen) atoms. The maximum atomic E-state index is 12.1. The third-order valence-corrected chi connectivity index (χ3v) is 3.42. The lowest BCUT2D eigenvalue weighted by molar-refractivity contribution is -0.145. The van der Waals surface area contributed by atoms with Crippen LogP contribution in [0.2, 0.25) is 0 Å². The number of amides is 1. The van der Waals surface area contributed by atoms with Crippen LogP contribution >= 0.6 is 0 Å².